The number of nitrogens with one attached hydrogen (secondary N) is 2. The van der Waals surface area contributed by atoms with Crippen LogP contribution >= 0.6 is 0 Å². The summed E-state index contributed by atoms with van der Waals surface area (Å²) in [4.78, 5) is 1.28. The number of nitrogens with two attached hydrogens (primary N) is 1. The second kappa shape index (κ2) is 3.06. The van der Waals surface area contributed by atoms with Crippen LogP contribution in [0.3, 0.4) is 0 Å². The topological polar surface area (TPSA) is 118 Å². The van der Waals surface area contributed by atoms with Crippen LogP contribution in [0.4, 0.5) is 0 Å². The van der Waals surface area contributed by atoms with Gasteiger partial charge >= 0.3 is 16.3 Å². The van der Waals surface area contributed by atoms with Gasteiger partial charge in [-0.25, -0.2) is 0 Å². The van der Waals surface area contributed by atoms with E-state index in [9.17, 15) is 8.42 Å². The van der Waals surface area contributed by atoms with Gasteiger partial charge in [-0.3, -0.25) is 10.3 Å². The van der Waals surface area contributed by atoms with Crippen molar-refractivity contribution in [3.63, 3.8) is 0 Å². The van der Waals surface area contributed by atoms with Crippen LogP contribution in [-0.2, 0) is 18.8 Å². The van der Waals surface area contributed by atoms with Crippen molar-refractivity contribution < 1.29 is 16.8 Å². The molecule has 2 saturated heterocycles. The van der Waals surface area contributed by atoms with E-state index in [1.807, 2.05) is 0 Å². The van der Waals surface area contributed by atoms with Gasteiger partial charge < -0.3 is 11.1 Å². The number of hydrogen-bond acceptors (Lipinski definition) is 6. The molecule has 0 aliphatic carbocycles. The predicted molar refractivity (Wildman–Crippen MR) is 54.5 cm³/mol. The van der Waals surface area contributed by atoms with Crippen LogP contribution in [0.25, 0.3) is 0 Å². The van der Waals surface area contributed by atoms with Crippen molar-refractivity contribution >= 4 is 16.4 Å². The summed E-state index contributed by atoms with van der Waals surface area (Å²) in [5.41, 5.74) is 4.60. The number of guanidine groups is 1. The van der Waals surface area contributed by atoms with Crippen LogP contribution in [0, 0.1) is 5.41 Å². The highest BCUT2D eigenvalue weighted by Gasteiger charge is 2.67. The second-order valence-electron chi connectivity index (χ2n) is 4.25. The lowest BCUT2D eigenvalue weighted by Crippen LogP contribution is -2.81. The minimum atomic E-state index is -3.96. The fourth-order valence-electron chi connectivity index (χ4n) is 1.94. The summed E-state index contributed by atoms with van der Waals surface area (Å²) in [6, 6.07) is 0. The first kappa shape index (κ1) is 11.6. The molecule has 0 amide bonds. The summed E-state index contributed by atoms with van der Waals surface area (Å²) >= 11 is 0. The minimum Gasteiger partial charge on any atom is -0.370 e. The summed E-state index contributed by atoms with van der Waals surface area (Å²) in [5, 5.41) is 10.5. The molecule has 0 aromatic rings. The third-order valence-electron chi connectivity index (χ3n) is 2.77. The first-order valence-corrected chi connectivity index (χ1v) is 6.06. The van der Waals surface area contributed by atoms with Gasteiger partial charge in [-0.1, -0.05) is 0 Å². The largest absolute Gasteiger partial charge is 0.408 e. The average molecular weight is 250 g/mol. The smallest absolute Gasteiger partial charge is 0.370 e. The summed E-state index contributed by atoms with van der Waals surface area (Å²) in [7, 11) is -3.96. The Labute approximate surface area is 93.5 Å². The molecule has 92 valence electrons. The van der Waals surface area contributed by atoms with E-state index < -0.39 is 21.8 Å². The van der Waals surface area contributed by atoms with Crippen molar-refractivity contribution in [2.45, 2.75) is 25.3 Å². The standard InChI is InChI=1S/C7H14N4O4S/c1-6(2)7(14-16(12,13)15-7)11(5(8)9)4-3-10-6/h10H,3-4H2,1-2H3,(H3,8,9). The molecule has 1 spiro atoms. The van der Waals surface area contributed by atoms with Gasteiger partial charge in [0.25, 0.3) is 0 Å². The number of nitrogens with zero attached hydrogens (tertiary/aromatic N) is 1. The molecule has 2 aliphatic rings. The lowest BCUT2D eigenvalue weighted by atomic mass is 9.96. The summed E-state index contributed by atoms with van der Waals surface area (Å²) in [6.07, 6.45) is 0. The molecule has 2 fully saturated rings. The lowest BCUT2D eigenvalue weighted by molar-refractivity contribution is -0.307. The third-order valence-corrected chi connectivity index (χ3v) is 3.63. The maximum atomic E-state index is 11.0. The van der Waals surface area contributed by atoms with Gasteiger partial charge in [0.05, 0.1) is 5.54 Å². The minimum absolute atomic E-state index is 0.288. The van der Waals surface area contributed by atoms with Crippen molar-refractivity contribution in [2.24, 2.45) is 5.73 Å². The summed E-state index contributed by atoms with van der Waals surface area (Å²) in [6.45, 7) is 4.34. The van der Waals surface area contributed by atoms with Crippen molar-refractivity contribution in [1.29, 1.82) is 5.41 Å². The first-order valence-electron chi connectivity index (χ1n) is 4.73. The van der Waals surface area contributed by atoms with Crippen LogP contribution in [0.15, 0.2) is 0 Å². The van der Waals surface area contributed by atoms with Gasteiger partial charge in [-0.15, -0.1) is 0 Å². The fraction of sp³-hybridized carbons (Fsp3) is 0.857. The van der Waals surface area contributed by atoms with Crippen molar-refractivity contribution in [1.82, 2.24) is 10.2 Å². The van der Waals surface area contributed by atoms with Gasteiger partial charge in [0, 0.05) is 13.1 Å². The van der Waals surface area contributed by atoms with E-state index in [1.165, 1.54) is 4.90 Å². The van der Waals surface area contributed by atoms with E-state index in [4.69, 9.17) is 19.5 Å². The fourth-order valence-corrected chi connectivity index (χ4v) is 3.10. The van der Waals surface area contributed by atoms with Crippen LogP contribution in [0.1, 0.15) is 13.8 Å². The van der Waals surface area contributed by atoms with E-state index in [2.05, 4.69) is 5.32 Å². The van der Waals surface area contributed by atoms with E-state index >= 15 is 0 Å². The molecule has 0 atom stereocenters. The van der Waals surface area contributed by atoms with Gasteiger partial charge in [0.1, 0.15) is 0 Å². The van der Waals surface area contributed by atoms with Gasteiger partial charge in [0.15, 0.2) is 5.96 Å². The van der Waals surface area contributed by atoms with E-state index in [0.29, 0.717) is 13.1 Å². The molecule has 2 rings (SSSR count). The SMILES string of the molecule is CC1(C)NCCN(C(=N)N)C12OS(=O)(=O)O2. The molecule has 4 N–H and O–H groups in total. The Bertz CT molecular complexity index is 420. The molecule has 2 heterocycles. The van der Waals surface area contributed by atoms with Crippen LogP contribution < -0.4 is 11.1 Å². The zero-order valence-electron chi connectivity index (χ0n) is 8.98. The van der Waals surface area contributed by atoms with E-state index in [1.54, 1.807) is 13.8 Å². The quantitative estimate of drug-likeness (QED) is 0.354. The van der Waals surface area contributed by atoms with Gasteiger partial charge in [-0.05, 0) is 13.8 Å². The van der Waals surface area contributed by atoms with Crippen LogP contribution in [0.2, 0.25) is 0 Å². The Morgan fingerprint density at radius 2 is 2.06 bits per heavy atom. The Hall–Kier alpha value is -0.900. The van der Waals surface area contributed by atoms with Gasteiger partial charge in [-0.2, -0.15) is 16.8 Å². The molecular formula is C7H14N4O4S. The first-order chi connectivity index (χ1) is 7.20. The maximum absolute atomic E-state index is 11.0. The summed E-state index contributed by atoms with van der Waals surface area (Å²) < 4.78 is 31.7. The number of rotatable bonds is 0. The average Bonchev–Trinajstić information content (AvgIpc) is 2.05. The van der Waals surface area contributed by atoms with Crippen molar-refractivity contribution in [3.8, 4) is 0 Å². The molecule has 0 saturated carbocycles. The number of piperazine rings is 1. The molecule has 8 nitrogen and oxygen atoms in total. The van der Waals surface area contributed by atoms with Gasteiger partial charge in [0.2, 0.25) is 0 Å². The Balaban J connectivity index is 2.39. The molecule has 9 heteroatoms. The highest BCUT2D eigenvalue weighted by molar-refractivity contribution is 7.82. The molecule has 0 aromatic carbocycles. The highest BCUT2D eigenvalue weighted by Crippen LogP contribution is 2.43. The monoisotopic (exact) mass is 250 g/mol. The number of hydrogen-bond donors (Lipinski definition) is 3. The molecule has 0 aromatic heterocycles. The zero-order valence-corrected chi connectivity index (χ0v) is 9.80. The van der Waals surface area contributed by atoms with Crippen LogP contribution in [-0.4, -0.2) is 43.8 Å². The molecule has 16 heavy (non-hydrogen) atoms. The predicted octanol–water partition coefficient (Wildman–Crippen LogP) is -1.49. The van der Waals surface area contributed by atoms with E-state index in [-0.39, 0.29) is 5.96 Å². The van der Waals surface area contributed by atoms with Crippen LogP contribution in [0.5, 0.6) is 0 Å². The molecule has 0 unspecified atom stereocenters. The molecule has 2 aliphatic heterocycles. The Morgan fingerprint density at radius 3 is 2.50 bits per heavy atom. The summed E-state index contributed by atoms with van der Waals surface area (Å²) in [5.74, 6) is -1.83. The molecule has 0 radical (unpaired) electrons. The lowest BCUT2D eigenvalue weighted by Gasteiger charge is -2.57. The van der Waals surface area contributed by atoms with Crippen molar-refractivity contribution in [3.05, 3.63) is 0 Å². The molecule has 0 bridgehead atoms. The Morgan fingerprint density at radius 1 is 1.50 bits per heavy atom. The second-order valence-corrected chi connectivity index (χ2v) is 5.40. The maximum Gasteiger partial charge on any atom is 0.408 e. The molecular weight excluding hydrogens is 236 g/mol. The Kier molecular flexibility index (Phi) is 2.22. The normalized spacial score (nSPS) is 29.8. The van der Waals surface area contributed by atoms with Crippen molar-refractivity contribution in [2.75, 3.05) is 13.1 Å². The van der Waals surface area contributed by atoms with E-state index in [0.717, 1.165) is 0 Å². The zero-order chi connectivity index (χ0) is 12.2. The third kappa shape index (κ3) is 1.39. The highest BCUT2D eigenvalue weighted by atomic mass is 32.3.